The summed E-state index contributed by atoms with van der Waals surface area (Å²) in [5.41, 5.74) is 3.39. The van der Waals surface area contributed by atoms with Gasteiger partial charge in [0.15, 0.2) is 0 Å². The average molecular weight is 243 g/mol. The third-order valence-corrected chi connectivity index (χ3v) is 3.50. The van der Waals surface area contributed by atoms with Crippen molar-refractivity contribution in [1.29, 1.82) is 0 Å². The lowest BCUT2D eigenvalue weighted by Gasteiger charge is -2.29. The van der Waals surface area contributed by atoms with Crippen molar-refractivity contribution >= 4 is 11.8 Å². The lowest BCUT2D eigenvalue weighted by Crippen LogP contribution is -2.41. The molecule has 1 fully saturated rings. The number of halogens is 1. The van der Waals surface area contributed by atoms with Gasteiger partial charge < -0.3 is 4.74 Å². The van der Waals surface area contributed by atoms with Crippen molar-refractivity contribution in [3.8, 4) is 0 Å². The molecule has 0 aromatic carbocycles. The first kappa shape index (κ1) is 11.8. The third kappa shape index (κ3) is 2.70. The van der Waals surface area contributed by atoms with Crippen LogP contribution >= 0.6 is 11.8 Å². The predicted molar refractivity (Wildman–Crippen MR) is 61.3 cm³/mol. The minimum Gasteiger partial charge on any atom is -0.374 e. The van der Waals surface area contributed by atoms with Crippen LogP contribution in [-0.4, -0.2) is 29.2 Å². The van der Waals surface area contributed by atoms with Crippen LogP contribution in [-0.2, 0) is 4.74 Å². The Bertz CT molecular complexity index is 347. The molecule has 0 aliphatic carbocycles. The van der Waals surface area contributed by atoms with Gasteiger partial charge in [0, 0.05) is 17.7 Å². The van der Waals surface area contributed by atoms with Gasteiger partial charge in [-0.2, -0.15) is 11.8 Å². The Morgan fingerprint density at radius 3 is 3.12 bits per heavy atom. The number of hydrazine groups is 1. The maximum Gasteiger partial charge on any atom is 0.141 e. The van der Waals surface area contributed by atoms with Crippen LogP contribution in [0.15, 0.2) is 18.5 Å². The molecule has 2 heterocycles. The Morgan fingerprint density at radius 2 is 2.50 bits per heavy atom. The van der Waals surface area contributed by atoms with Gasteiger partial charge in [0.25, 0.3) is 0 Å². The van der Waals surface area contributed by atoms with Crippen LogP contribution in [0.2, 0.25) is 0 Å². The van der Waals surface area contributed by atoms with Crippen molar-refractivity contribution in [1.82, 2.24) is 10.4 Å². The second-order valence-corrected chi connectivity index (χ2v) is 4.71. The maximum absolute atomic E-state index is 13.1. The number of pyridine rings is 1. The van der Waals surface area contributed by atoms with Gasteiger partial charge in [0.05, 0.1) is 24.9 Å². The highest BCUT2D eigenvalue weighted by Gasteiger charge is 2.25. The van der Waals surface area contributed by atoms with Crippen LogP contribution in [0.3, 0.4) is 0 Å². The fraction of sp³-hybridized carbons (Fsp3) is 0.500. The summed E-state index contributed by atoms with van der Waals surface area (Å²) in [6.07, 6.45) is 2.75. The van der Waals surface area contributed by atoms with Crippen LogP contribution in [0.25, 0.3) is 0 Å². The average Bonchev–Trinajstić information content (AvgIpc) is 2.31. The molecule has 0 saturated carbocycles. The Balaban J connectivity index is 2.14. The van der Waals surface area contributed by atoms with Crippen molar-refractivity contribution in [2.45, 2.75) is 12.1 Å². The van der Waals surface area contributed by atoms with E-state index in [-0.39, 0.29) is 18.0 Å². The van der Waals surface area contributed by atoms with E-state index >= 15 is 0 Å². The van der Waals surface area contributed by atoms with Crippen LogP contribution < -0.4 is 11.3 Å². The molecule has 16 heavy (non-hydrogen) atoms. The number of aromatic nitrogens is 1. The first-order valence-corrected chi connectivity index (χ1v) is 6.22. The number of rotatable bonds is 3. The summed E-state index contributed by atoms with van der Waals surface area (Å²) < 4.78 is 18.7. The monoisotopic (exact) mass is 243 g/mol. The fourth-order valence-corrected chi connectivity index (χ4v) is 2.62. The van der Waals surface area contributed by atoms with Gasteiger partial charge in [-0.05, 0) is 11.6 Å². The highest BCUT2D eigenvalue weighted by molar-refractivity contribution is 7.99. The van der Waals surface area contributed by atoms with Crippen LogP contribution in [0.1, 0.15) is 11.6 Å². The summed E-state index contributed by atoms with van der Waals surface area (Å²) in [7, 11) is 0. The number of nitrogens with one attached hydrogen (secondary N) is 1. The highest BCUT2D eigenvalue weighted by atomic mass is 32.2. The molecule has 1 aromatic rings. The van der Waals surface area contributed by atoms with Crippen molar-refractivity contribution in [3.05, 3.63) is 29.8 Å². The van der Waals surface area contributed by atoms with Gasteiger partial charge in [0.2, 0.25) is 0 Å². The molecule has 4 nitrogen and oxygen atoms in total. The molecular formula is C10H14FN3OS. The highest BCUT2D eigenvalue weighted by Crippen LogP contribution is 2.24. The lowest BCUT2D eigenvalue weighted by atomic mass is 10.1. The van der Waals surface area contributed by atoms with Crippen LogP contribution in [0, 0.1) is 5.82 Å². The number of hydrogen-bond donors (Lipinski definition) is 2. The topological polar surface area (TPSA) is 60.2 Å². The Hall–Kier alpha value is -0.690. The van der Waals surface area contributed by atoms with Gasteiger partial charge in [-0.25, -0.2) is 4.39 Å². The molecule has 1 aliphatic heterocycles. The minimum atomic E-state index is -0.360. The molecule has 0 spiro atoms. The van der Waals surface area contributed by atoms with Crippen molar-refractivity contribution in [3.63, 3.8) is 0 Å². The second-order valence-electron chi connectivity index (χ2n) is 3.56. The van der Waals surface area contributed by atoms with Crippen molar-refractivity contribution in [2.24, 2.45) is 5.84 Å². The number of nitrogens with zero attached hydrogens (tertiary/aromatic N) is 1. The first-order valence-electron chi connectivity index (χ1n) is 5.07. The number of ether oxygens (including phenoxy) is 1. The van der Waals surface area contributed by atoms with Gasteiger partial charge in [-0.3, -0.25) is 16.3 Å². The first-order chi connectivity index (χ1) is 7.81. The summed E-state index contributed by atoms with van der Waals surface area (Å²) in [6, 6.07) is 1.22. The summed E-state index contributed by atoms with van der Waals surface area (Å²) in [4.78, 5) is 3.81. The summed E-state index contributed by atoms with van der Waals surface area (Å²) in [6.45, 7) is 0.705. The zero-order valence-corrected chi connectivity index (χ0v) is 9.54. The summed E-state index contributed by atoms with van der Waals surface area (Å²) >= 11 is 1.81. The van der Waals surface area contributed by atoms with Gasteiger partial charge in [-0.1, -0.05) is 0 Å². The molecular weight excluding hydrogens is 229 g/mol. The Labute approximate surface area is 97.7 Å². The van der Waals surface area contributed by atoms with Crippen molar-refractivity contribution in [2.75, 3.05) is 18.1 Å². The molecule has 6 heteroatoms. The minimum absolute atomic E-state index is 0.0349. The molecule has 2 unspecified atom stereocenters. The number of hydrogen-bond acceptors (Lipinski definition) is 5. The molecule has 0 radical (unpaired) electrons. The predicted octanol–water partition coefficient (Wildman–Crippen LogP) is 0.857. The van der Waals surface area contributed by atoms with E-state index in [1.165, 1.54) is 12.3 Å². The molecule has 0 amide bonds. The van der Waals surface area contributed by atoms with E-state index in [2.05, 4.69) is 10.4 Å². The quantitative estimate of drug-likeness (QED) is 0.609. The molecule has 2 rings (SSSR count). The summed E-state index contributed by atoms with van der Waals surface area (Å²) in [5, 5.41) is 0. The van der Waals surface area contributed by atoms with E-state index in [4.69, 9.17) is 10.6 Å². The van der Waals surface area contributed by atoms with E-state index in [9.17, 15) is 4.39 Å². The van der Waals surface area contributed by atoms with E-state index in [0.29, 0.717) is 6.61 Å². The second kappa shape index (κ2) is 5.58. The van der Waals surface area contributed by atoms with E-state index in [1.807, 2.05) is 11.8 Å². The van der Waals surface area contributed by atoms with Gasteiger partial charge in [-0.15, -0.1) is 0 Å². The molecule has 1 aromatic heterocycles. The largest absolute Gasteiger partial charge is 0.374 e. The zero-order valence-electron chi connectivity index (χ0n) is 8.73. The lowest BCUT2D eigenvalue weighted by molar-refractivity contribution is 0.0466. The molecule has 1 saturated heterocycles. The normalized spacial score (nSPS) is 23.0. The van der Waals surface area contributed by atoms with Gasteiger partial charge in [0.1, 0.15) is 5.82 Å². The molecule has 0 bridgehead atoms. The van der Waals surface area contributed by atoms with Crippen LogP contribution in [0.4, 0.5) is 4.39 Å². The maximum atomic E-state index is 13.1. The van der Waals surface area contributed by atoms with E-state index in [0.717, 1.165) is 17.1 Å². The molecule has 2 atom stereocenters. The van der Waals surface area contributed by atoms with E-state index in [1.54, 1.807) is 6.20 Å². The Morgan fingerprint density at radius 1 is 1.62 bits per heavy atom. The zero-order chi connectivity index (χ0) is 11.4. The third-order valence-electron chi connectivity index (χ3n) is 2.48. The smallest absolute Gasteiger partial charge is 0.141 e. The van der Waals surface area contributed by atoms with Crippen LogP contribution in [0.5, 0.6) is 0 Å². The number of thioether (sulfide) groups is 1. The molecule has 88 valence electrons. The fourth-order valence-electron chi connectivity index (χ4n) is 1.72. The van der Waals surface area contributed by atoms with E-state index < -0.39 is 0 Å². The standard InChI is InChI=1S/C10H14FN3OS/c11-8-3-7(4-13-5-8)10(14-12)9-6-16-2-1-15-9/h3-5,9-10,14H,1-2,6,12H2. The summed E-state index contributed by atoms with van der Waals surface area (Å²) in [5.74, 6) is 6.98. The number of nitrogens with two attached hydrogens (primary N) is 1. The SMILES string of the molecule is NNC(c1cncc(F)c1)C1CSCCO1. The van der Waals surface area contributed by atoms with Gasteiger partial charge >= 0.3 is 0 Å². The van der Waals surface area contributed by atoms with Crippen molar-refractivity contribution < 1.29 is 9.13 Å². The molecule has 1 aliphatic rings. The molecule has 3 N–H and O–H groups in total. The Kier molecular flexibility index (Phi) is 4.11.